The summed E-state index contributed by atoms with van der Waals surface area (Å²) >= 11 is 6.26. The smallest absolute Gasteiger partial charge is 0.289 e. The van der Waals surface area contributed by atoms with E-state index in [4.69, 9.17) is 16.3 Å². The van der Waals surface area contributed by atoms with Gasteiger partial charge in [-0.15, -0.1) is 0 Å². The highest BCUT2D eigenvalue weighted by atomic mass is 35.5. The summed E-state index contributed by atoms with van der Waals surface area (Å²) in [6.45, 7) is 3.60. The number of alkyl halides is 2. The largest absolute Gasteiger partial charge is 0.494 e. The van der Waals surface area contributed by atoms with Crippen molar-refractivity contribution in [2.24, 2.45) is 0 Å². The van der Waals surface area contributed by atoms with Gasteiger partial charge in [-0.2, -0.15) is 8.78 Å². The molecule has 1 atom stereocenters. The van der Waals surface area contributed by atoms with E-state index in [0.717, 1.165) is 0 Å². The Labute approximate surface area is 177 Å². The Morgan fingerprint density at radius 3 is 2.55 bits per heavy atom. The zero-order valence-corrected chi connectivity index (χ0v) is 17.4. The predicted molar refractivity (Wildman–Crippen MR) is 111 cm³/mol. The van der Waals surface area contributed by atoms with Crippen LogP contribution in [0.15, 0.2) is 47.4 Å². The summed E-state index contributed by atoms with van der Waals surface area (Å²) in [7, 11) is 0. The monoisotopic (exact) mass is 442 g/mol. The lowest BCUT2D eigenvalue weighted by Gasteiger charge is -2.21. The number of rotatable bonds is 9. The van der Waals surface area contributed by atoms with Crippen molar-refractivity contribution in [3.8, 4) is 5.75 Å². The average Bonchev–Trinajstić information content (AvgIpc) is 2.64. The van der Waals surface area contributed by atoms with Crippen LogP contribution in [0.4, 0.5) is 14.5 Å². The lowest BCUT2D eigenvalue weighted by molar-refractivity contribution is -0.120. The van der Waals surface area contributed by atoms with Crippen molar-refractivity contribution >= 4 is 40.9 Å². The fourth-order valence-electron chi connectivity index (χ4n) is 2.74. The zero-order chi connectivity index (χ0) is 21.4. The first-order valence-electron chi connectivity index (χ1n) is 8.83. The molecule has 0 aromatic heterocycles. The summed E-state index contributed by atoms with van der Waals surface area (Å²) in [5.41, 5.74) is 0.834. The van der Waals surface area contributed by atoms with Crippen LogP contribution >= 0.6 is 23.4 Å². The van der Waals surface area contributed by atoms with E-state index in [1.807, 2.05) is 6.92 Å². The molecule has 2 N–H and O–H groups in total. The van der Waals surface area contributed by atoms with Crippen LogP contribution in [0.25, 0.3) is 0 Å². The van der Waals surface area contributed by atoms with Crippen LogP contribution in [0.3, 0.4) is 0 Å². The van der Waals surface area contributed by atoms with E-state index >= 15 is 0 Å². The molecule has 1 unspecified atom stereocenters. The number of ether oxygens (including phenoxy) is 1. The lowest BCUT2D eigenvalue weighted by atomic mass is 10.0. The molecule has 156 valence electrons. The molecule has 0 bridgehead atoms. The Balaban J connectivity index is 2.24. The van der Waals surface area contributed by atoms with Crippen LogP contribution in [0.2, 0.25) is 5.02 Å². The number of hydrogen-bond donors (Lipinski definition) is 2. The van der Waals surface area contributed by atoms with E-state index in [9.17, 15) is 18.4 Å². The third-order valence-electron chi connectivity index (χ3n) is 3.81. The topological polar surface area (TPSA) is 67.4 Å². The van der Waals surface area contributed by atoms with E-state index < -0.39 is 17.7 Å². The van der Waals surface area contributed by atoms with Gasteiger partial charge < -0.3 is 15.4 Å². The molecule has 2 aromatic carbocycles. The van der Waals surface area contributed by atoms with Crippen molar-refractivity contribution in [3.05, 3.63) is 53.1 Å². The minimum atomic E-state index is -2.68. The second-order valence-electron chi connectivity index (χ2n) is 5.97. The van der Waals surface area contributed by atoms with Crippen molar-refractivity contribution < 1.29 is 23.1 Å². The molecule has 0 spiro atoms. The van der Waals surface area contributed by atoms with Gasteiger partial charge in [0.25, 0.3) is 5.76 Å². The molecule has 5 nitrogen and oxygen atoms in total. The quantitative estimate of drug-likeness (QED) is 0.520. The van der Waals surface area contributed by atoms with E-state index in [1.165, 1.54) is 19.1 Å². The average molecular weight is 443 g/mol. The molecule has 0 saturated carbocycles. The Bertz CT molecular complexity index is 867. The fraction of sp³-hybridized carbons (Fsp3) is 0.300. The summed E-state index contributed by atoms with van der Waals surface area (Å²) < 4.78 is 31.3. The van der Waals surface area contributed by atoms with Gasteiger partial charge in [-0.1, -0.05) is 47.6 Å². The van der Waals surface area contributed by atoms with Gasteiger partial charge in [0.05, 0.1) is 34.7 Å². The van der Waals surface area contributed by atoms with Crippen molar-refractivity contribution in [2.75, 3.05) is 11.9 Å². The van der Waals surface area contributed by atoms with Crippen molar-refractivity contribution in [1.29, 1.82) is 0 Å². The summed E-state index contributed by atoms with van der Waals surface area (Å²) in [6.07, 6.45) is -0.116. The van der Waals surface area contributed by atoms with Gasteiger partial charge in [-0.25, -0.2) is 0 Å². The molecular formula is C20H21ClF2N2O3S. The van der Waals surface area contributed by atoms with Crippen LogP contribution in [-0.2, 0) is 9.59 Å². The van der Waals surface area contributed by atoms with Gasteiger partial charge in [-0.3, -0.25) is 9.59 Å². The molecule has 0 heterocycles. The van der Waals surface area contributed by atoms with Gasteiger partial charge in [0.15, 0.2) is 0 Å². The van der Waals surface area contributed by atoms with E-state index in [2.05, 4.69) is 10.6 Å². The number of amides is 2. The van der Waals surface area contributed by atoms with Gasteiger partial charge in [0.2, 0.25) is 11.8 Å². The summed E-state index contributed by atoms with van der Waals surface area (Å²) in [6, 6.07) is 11.0. The van der Waals surface area contributed by atoms with Crippen molar-refractivity contribution in [2.45, 2.75) is 37.0 Å². The summed E-state index contributed by atoms with van der Waals surface area (Å²) in [5.74, 6) is -2.91. The first kappa shape index (κ1) is 23.0. The van der Waals surface area contributed by atoms with Crippen LogP contribution in [0, 0.1) is 0 Å². The van der Waals surface area contributed by atoms with E-state index in [0.29, 0.717) is 17.9 Å². The second kappa shape index (κ2) is 11.0. The van der Waals surface area contributed by atoms with Gasteiger partial charge >= 0.3 is 0 Å². The number of hydrogen-bond acceptors (Lipinski definition) is 4. The van der Waals surface area contributed by atoms with Crippen molar-refractivity contribution in [1.82, 2.24) is 5.32 Å². The first-order chi connectivity index (χ1) is 13.8. The maximum absolute atomic E-state index is 12.8. The zero-order valence-electron chi connectivity index (χ0n) is 15.9. The maximum atomic E-state index is 12.8. The number of nitrogens with one attached hydrogen (secondary N) is 2. The predicted octanol–water partition coefficient (Wildman–Crippen LogP) is 5.26. The molecule has 0 fully saturated rings. The summed E-state index contributed by atoms with van der Waals surface area (Å²) in [5, 5.41) is 5.47. The molecule has 0 aliphatic carbocycles. The van der Waals surface area contributed by atoms with Gasteiger partial charge in [0.1, 0.15) is 5.75 Å². The number of carbonyl (C=O) groups excluding carboxylic acids is 2. The van der Waals surface area contributed by atoms with Gasteiger partial charge in [-0.05, 0) is 25.1 Å². The van der Waals surface area contributed by atoms with Crippen molar-refractivity contribution in [3.63, 3.8) is 0 Å². The molecule has 0 aliphatic rings. The maximum Gasteiger partial charge on any atom is 0.289 e. The Hall–Kier alpha value is -2.32. The fourth-order valence-corrected chi connectivity index (χ4v) is 3.66. The normalized spacial score (nSPS) is 11.8. The Kier molecular flexibility index (Phi) is 8.72. The minimum absolute atomic E-state index is 0.0864. The lowest BCUT2D eigenvalue weighted by Crippen LogP contribution is -2.30. The van der Waals surface area contributed by atoms with E-state index in [-0.39, 0.29) is 39.7 Å². The number of halogens is 3. The highest BCUT2D eigenvalue weighted by molar-refractivity contribution is 7.99. The minimum Gasteiger partial charge on any atom is -0.494 e. The highest BCUT2D eigenvalue weighted by Crippen LogP contribution is 2.38. The molecule has 2 rings (SSSR count). The molecule has 0 aliphatic heterocycles. The third kappa shape index (κ3) is 6.90. The molecule has 29 heavy (non-hydrogen) atoms. The number of benzene rings is 2. The number of anilines is 1. The molecule has 0 radical (unpaired) electrons. The molecule has 0 saturated heterocycles. The Morgan fingerprint density at radius 2 is 1.90 bits per heavy atom. The third-order valence-corrected chi connectivity index (χ3v) is 5.09. The van der Waals surface area contributed by atoms with E-state index in [1.54, 1.807) is 30.3 Å². The number of para-hydroxylation sites is 1. The Morgan fingerprint density at radius 1 is 1.17 bits per heavy atom. The SMILES string of the molecule is CCOc1ccccc1C(CC(=O)Nc1cccc(Cl)c1SC(F)F)NC(C)=O. The van der Waals surface area contributed by atoms with Crippen LogP contribution in [0.1, 0.15) is 31.9 Å². The number of carbonyl (C=O) groups is 2. The standard InChI is InChI=1S/C20H21ClF2N2O3S/c1-3-28-17-10-5-4-7-13(17)16(24-12(2)26)11-18(27)25-15-9-6-8-14(21)19(15)29-20(22)23/h4-10,16,20H,3,11H2,1-2H3,(H,24,26)(H,25,27). The second-order valence-corrected chi connectivity index (χ2v) is 7.38. The molecular weight excluding hydrogens is 422 g/mol. The molecule has 2 aromatic rings. The van der Waals surface area contributed by atoms with Gasteiger partial charge in [0, 0.05) is 12.5 Å². The van der Waals surface area contributed by atoms with Crippen LogP contribution in [-0.4, -0.2) is 24.2 Å². The molecule has 2 amide bonds. The highest BCUT2D eigenvalue weighted by Gasteiger charge is 2.22. The number of thioether (sulfide) groups is 1. The first-order valence-corrected chi connectivity index (χ1v) is 10.1. The van der Waals surface area contributed by atoms with Crippen LogP contribution in [0.5, 0.6) is 5.75 Å². The van der Waals surface area contributed by atoms with Crippen LogP contribution < -0.4 is 15.4 Å². The molecule has 9 heteroatoms. The summed E-state index contributed by atoms with van der Waals surface area (Å²) in [4.78, 5) is 24.4.